The summed E-state index contributed by atoms with van der Waals surface area (Å²) in [6.07, 6.45) is 4.04. The van der Waals surface area contributed by atoms with Gasteiger partial charge in [-0.3, -0.25) is 9.59 Å². The lowest BCUT2D eigenvalue weighted by molar-refractivity contribution is 0.0899. The van der Waals surface area contributed by atoms with E-state index in [1.165, 1.54) is 12.1 Å². The number of nitrogens with zero attached hydrogens (tertiary/aromatic N) is 2. The second-order valence-electron chi connectivity index (χ2n) is 4.89. The van der Waals surface area contributed by atoms with Gasteiger partial charge in [0, 0.05) is 6.07 Å². The van der Waals surface area contributed by atoms with E-state index in [0.717, 1.165) is 19.3 Å². The minimum Gasteiger partial charge on any atom is -0.409 e. The van der Waals surface area contributed by atoms with Crippen LogP contribution in [0.1, 0.15) is 42.6 Å². The molecule has 1 amide bonds. The molecule has 0 saturated heterocycles. The first-order valence-electron chi connectivity index (χ1n) is 6.44. The van der Waals surface area contributed by atoms with Gasteiger partial charge in [-0.2, -0.15) is 5.10 Å². The van der Waals surface area contributed by atoms with Crippen molar-refractivity contribution in [1.82, 2.24) is 15.5 Å². The quantitative estimate of drug-likeness (QED) is 0.266. The van der Waals surface area contributed by atoms with Crippen molar-refractivity contribution in [3.63, 3.8) is 0 Å². The first kappa shape index (κ1) is 14.0. The number of hydrogen-bond acceptors (Lipinski definition) is 5. The summed E-state index contributed by atoms with van der Waals surface area (Å²) in [5, 5.41) is 20.6. The number of nitrogens with two attached hydrogens (primary N) is 1. The Labute approximate surface area is 115 Å². The molecule has 1 aromatic heterocycles. The molecule has 1 heterocycles. The average molecular weight is 279 g/mol. The molecule has 5 N–H and O–H groups in total. The number of H-pyrrole nitrogens is 1. The minimum atomic E-state index is -0.845. The zero-order valence-corrected chi connectivity index (χ0v) is 10.9. The van der Waals surface area contributed by atoms with Gasteiger partial charge in [0.25, 0.3) is 11.5 Å². The summed E-state index contributed by atoms with van der Waals surface area (Å²) in [6, 6.07) is 2.55. The second kappa shape index (κ2) is 5.72. The highest BCUT2D eigenvalue weighted by atomic mass is 16.4. The Bertz CT molecular complexity index is 554. The molecule has 0 aromatic carbocycles. The first-order chi connectivity index (χ1) is 9.57. The van der Waals surface area contributed by atoms with Crippen LogP contribution in [0.3, 0.4) is 0 Å². The molecule has 8 heteroatoms. The van der Waals surface area contributed by atoms with Crippen molar-refractivity contribution < 1.29 is 10.0 Å². The lowest BCUT2D eigenvalue weighted by atomic mass is 9.80. The van der Waals surface area contributed by atoms with Crippen molar-refractivity contribution in [2.45, 2.75) is 37.6 Å². The molecule has 1 saturated carbocycles. The van der Waals surface area contributed by atoms with Crippen LogP contribution in [-0.2, 0) is 0 Å². The van der Waals surface area contributed by atoms with E-state index in [0.29, 0.717) is 12.8 Å². The van der Waals surface area contributed by atoms with E-state index in [1.54, 1.807) is 0 Å². The lowest BCUT2D eigenvalue weighted by Crippen LogP contribution is -2.58. The van der Waals surface area contributed by atoms with Gasteiger partial charge in [0.15, 0.2) is 5.84 Å². The monoisotopic (exact) mass is 279 g/mol. The summed E-state index contributed by atoms with van der Waals surface area (Å²) in [4.78, 5) is 23.1. The van der Waals surface area contributed by atoms with Crippen molar-refractivity contribution in [2.75, 3.05) is 0 Å². The standard InChI is InChI=1S/C12H17N5O3/c13-11(17-20)12(6-2-1-3-7-12)14-10(19)8-4-5-9(18)16-15-8/h4-5,20H,1-3,6-7H2,(H2,13,17)(H,14,19)(H,16,18). The molecule has 0 aliphatic heterocycles. The number of carbonyl (C=O) groups is 1. The molecule has 1 aliphatic carbocycles. The summed E-state index contributed by atoms with van der Waals surface area (Å²) in [5.74, 6) is -0.468. The van der Waals surface area contributed by atoms with E-state index in [1.807, 2.05) is 0 Å². The molecular formula is C12H17N5O3. The number of hydrogen-bond donors (Lipinski definition) is 4. The van der Waals surface area contributed by atoms with E-state index < -0.39 is 11.4 Å². The molecule has 20 heavy (non-hydrogen) atoms. The van der Waals surface area contributed by atoms with Crippen molar-refractivity contribution in [3.05, 3.63) is 28.2 Å². The summed E-state index contributed by atoms with van der Waals surface area (Å²) in [7, 11) is 0. The summed E-state index contributed by atoms with van der Waals surface area (Å²) >= 11 is 0. The molecule has 2 rings (SSSR count). The van der Waals surface area contributed by atoms with Gasteiger partial charge in [0.2, 0.25) is 0 Å². The van der Waals surface area contributed by atoms with Crippen LogP contribution < -0.4 is 16.6 Å². The van der Waals surface area contributed by atoms with Crippen LogP contribution in [0.5, 0.6) is 0 Å². The molecule has 108 valence electrons. The van der Waals surface area contributed by atoms with E-state index in [9.17, 15) is 9.59 Å². The number of rotatable bonds is 3. The topological polar surface area (TPSA) is 133 Å². The van der Waals surface area contributed by atoms with Gasteiger partial charge in [-0.05, 0) is 18.9 Å². The van der Waals surface area contributed by atoms with Gasteiger partial charge >= 0.3 is 0 Å². The van der Waals surface area contributed by atoms with Crippen molar-refractivity contribution in [1.29, 1.82) is 0 Å². The molecule has 1 aromatic rings. The van der Waals surface area contributed by atoms with Crippen LogP contribution in [-0.4, -0.2) is 32.7 Å². The fourth-order valence-corrected chi connectivity index (χ4v) is 2.45. The molecule has 8 nitrogen and oxygen atoms in total. The number of oxime groups is 1. The highest BCUT2D eigenvalue weighted by Gasteiger charge is 2.38. The molecule has 0 radical (unpaired) electrons. The Morgan fingerprint density at radius 1 is 1.40 bits per heavy atom. The second-order valence-corrected chi connectivity index (χ2v) is 4.89. The van der Waals surface area contributed by atoms with Gasteiger partial charge < -0.3 is 16.3 Å². The zero-order valence-electron chi connectivity index (χ0n) is 10.9. The van der Waals surface area contributed by atoms with Gasteiger partial charge in [-0.15, -0.1) is 0 Å². The van der Waals surface area contributed by atoms with Crippen LogP contribution in [0.2, 0.25) is 0 Å². The molecule has 0 unspecified atom stereocenters. The number of aromatic amines is 1. The third-order valence-electron chi connectivity index (χ3n) is 3.57. The third kappa shape index (κ3) is 2.79. The number of amidine groups is 1. The predicted octanol–water partition coefficient (Wildman–Crippen LogP) is -0.0510. The molecule has 0 atom stereocenters. The molecule has 0 bridgehead atoms. The van der Waals surface area contributed by atoms with E-state index in [2.05, 4.69) is 20.7 Å². The maximum atomic E-state index is 12.2. The van der Waals surface area contributed by atoms with Gasteiger partial charge in [-0.1, -0.05) is 24.4 Å². The number of nitrogens with one attached hydrogen (secondary N) is 2. The molecular weight excluding hydrogens is 262 g/mol. The number of carbonyl (C=O) groups excluding carboxylic acids is 1. The maximum absolute atomic E-state index is 12.2. The third-order valence-corrected chi connectivity index (χ3v) is 3.57. The van der Waals surface area contributed by atoms with Gasteiger partial charge in [0.05, 0.1) is 0 Å². The normalized spacial score (nSPS) is 18.5. The van der Waals surface area contributed by atoms with E-state index in [-0.39, 0.29) is 17.1 Å². The first-order valence-corrected chi connectivity index (χ1v) is 6.44. The summed E-state index contributed by atoms with van der Waals surface area (Å²) < 4.78 is 0. The van der Waals surface area contributed by atoms with Gasteiger partial charge in [0.1, 0.15) is 11.2 Å². The van der Waals surface area contributed by atoms with Crippen LogP contribution in [0.25, 0.3) is 0 Å². The number of aromatic nitrogens is 2. The zero-order chi connectivity index (χ0) is 14.6. The smallest absolute Gasteiger partial charge is 0.272 e. The summed E-state index contributed by atoms with van der Waals surface area (Å²) in [5.41, 5.74) is 4.59. The molecule has 1 aliphatic rings. The highest BCUT2D eigenvalue weighted by Crippen LogP contribution is 2.28. The maximum Gasteiger partial charge on any atom is 0.272 e. The minimum absolute atomic E-state index is 0.00465. The highest BCUT2D eigenvalue weighted by molar-refractivity contribution is 5.99. The van der Waals surface area contributed by atoms with Crippen LogP contribution >= 0.6 is 0 Å². The molecule has 1 fully saturated rings. The average Bonchev–Trinajstić information content (AvgIpc) is 2.48. The van der Waals surface area contributed by atoms with Gasteiger partial charge in [-0.25, -0.2) is 5.10 Å². The van der Waals surface area contributed by atoms with Crippen LogP contribution in [0, 0.1) is 0 Å². The van der Waals surface area contributed by atoms with Crippen molar-refractivity contribution >= 4 is 11.7 Å². The Kier molecular flexibility index (Phi) is 4.02. The largest absolute Gasteiger partial charge is 0.409 e. The fourth-order valence-electron chi connectivity index (χ4n) is 2.45. The Balaban J connectivity index is 2.21. The Hall–Kier alpha value is -2.38. The fraction of sp³-hybridized carbons (Fsp3) is 0.500. The van der Waals surface area contributed by atoms with E-state index >= 15 is 0 Å². The Morgan fingerprint density at radius 3 is 2.65 bits per heavy atom. The predicted molar refractivity (Wildman–Crippen MR) is 71.5 cm³/mol. The summed E-state index contributed by atoms with van der Waals surface area (Å²) in [6.45, 7) is 0. The molecule has 0 spiro atoms. The Morgan fingerprint density at radius 2 is 2.10 bits per heavy atom. The number of amides is 1. The van der Waals surface area contributed by atoms with Crippen molar-refractivity contribution in [3.8, 4) is 0 Å². The van der Waals surface area contributed by atoms with Crippen LogP contribution in [0.15, 0.2) is 22.1 Å². The van der Waals surface area contributed by atoms with E-state index in [4.69, 9.17) is 10.9 Å². The van der Waals surface area contributed by atoms with Crippen molar-refractivity contribution in [2.24, 2.45) is 10.9 Å². The SMILES string of the molecule is N/C(=N/O)C1(NC(=O)c2ccc(=O)[nH]n2)CCCCC1. The lowest BCUT2D eigenvalue weighted by Gasteiger charge is -2.36. The van der Waals surface area contributed by atoms with Crippen LogP contribution in [0.4, 0.5) is 0 Å².